The van der Waals surface area contributed by atoms with Gasteiger partial charge in [0, 0.05) is 20.1 Å². The van der Waals surface area contributed by atoms with Gasteiger partial charge in [0.1, 0.15) is 11.5 Å². The van der Waals surface area contributed by atoms with Gasteiger partial charge in [-0.2, -0.15) is 0 Å². The van der Waals surface area contributed by atoms with Crippen molar-refractivity contribution < 1.29 is 14.3 Å². The van der Waals surface area contributed by atoms with Crippen LogP contribution in [-0.4, -0.2) is 45.0 Å². The smallest absolute Gasteiger partial charge is 0.233 e. The monoisotopic (exact) mass is 438 g/mol. The Bertz CT molecular complexity index is 1050. The average Bonchev–Trinajstić information content (AvgIpc) is 3.18. The third-order valence-electron chi connectivity index (χ3n) is 5.41. The number of hydrogen-bond donors (Lipinski definition) is 0. The van der Waals surface area contributed by atoms with E-state index in [1.54, 1.807) is 7.11 Å². The Balaban J connectivity index is 1.34. The molecule has 0 saturated carbocycles. The Morgan fingerprint density at radius 3 is 2.55 bits per heavy atom. The van der Waals surface area contributed by atoms with Gasteiger partial charge in [-0.1, -0.05) is 36.0 Å². The molecule has 0 N–H and O–H groups in total. The molecule has 1 aliphatic rings. The number of fused-ring (bicyclic) bond motifs is 1. The number of carbonyl (C=O) groups is 1. The Morgan fingerprint density at radius 1 is 1.10 bits per heavy atom. The summed E-state index contributed by atoms with van der Waals surface area (Å²) in [7, 11) is 3.53. The number of methoxy groups -OCH3 is 1. The molecule has 0 bridgehead atoms. The quantitative estimate of drug-likeness (QED) is 0.525. The molecule has 7 nitrogen and oxygen atoms in total. The number of thioether (sulfide) groups is 1. The number of aromatic nitrogens is 3. The van der Waals surface area contributed by atoms with Crippen LogP contribution in [-0.2, 0) is 24.8 Å². The molecule has 31 heavy (non-hydrogen) atoms. The normalized spacial score (nSPS) is 14.1. The maximum atomic E-state index is 12.7. The summed E-state index contributed by atoms with van der Waals surface area (Å²) in [4.78, 5) is 14.7. The topological polar surface area (TPSA) is 69.5 Å². The number of hydrogen-bond acceptors (Lipinski definition) is 6. The van der Waals surface area contributed by atoms with Gasteiger partial charge < -0.3 is 18.9 Å². The van der Waals surface area contributed by atoms with E-state index in [2.05, 4.69) is 28.4 Å². The Hall–Kier alpha value is -3.00. The minimum absolute atomic E-state index is 0.117. The molecule has 1 amide bonds. The Labute approximate surface area is 186 Å². The van der Waals surface area contributed by atoms with Gasteiger partial charge in [-0.25, -0.2) is 0 Å². The minimum Gasteiger partial charge on any atom is -0.497 e. The fourth-order valence-electron chi connectivity index (χ4n) is 3.64. The highest BCUT2D eigenvalue weighted by atomic mass is 32.2. The van der Waals surface area contributed by atoms with Gasteiger partial charge in [0.2, 0.25) is 5.91 Å². The van der Waals surface area contributed by atoms with Gasteiger partial charge in [0.05, 0.1) is 12.9 Å². The van der Waals surface area contributed by atoms with Crippen molar-refractivity contribution in [2.75, 3.05) is 19.4 Å². The van der Waals surface area contributed by atoms with Gasteiger partial charge in [0.25, 0.3) is 0 Å². The molecule has 8 heteroatoms. The lowest BCUT2D eigenvalue weighted by Gasteiger charge is -2.28. The van der Waals surface area contributed by atoms with E-state index in [-0.39, 0.29) is 12.0 Å². The number of amides is 1. The van der Waals surface area contributed by atoms with Crippen molar-refractivity contribution in [3.63, 3.8) is 0 Å². The zero-order chi connectivity index (χ0) is 21.8. The molecule has 1 unspecified atom stereocenters. The first-order valence-corrected chi connectivity index (χ1v) is 11.2. The Morgan fingerprint density at radius 2 is 1.81 bits per heavy atom. The lowest BCUT2D eigenvalue weighted by Crippen LogP contribution is -2.37. The van der Waals surface area contributed by atoms with Crippen molar-refractivity contribution in [1.82, 2.24) is 19.7 Å². The summed E-state index contributed by atoms with van der Waals surface area (Å²) in [6, 6.07) is 15.7. The number of nitrogens with zero attached hydrogens (tertiary/aromatic N) is 4. The first-order chi connectivity index (χ1) is 15.0. The number of carbonyl (C=O) groups excluding carboxylic acids is 1. The zero-order valence-electron chi connectivity index (χ0n) is 17.9. The second-order valence-electron chi connectivity index (χ2n) is 7.46. The average molecular weight is 439 g/mol. The van der Waals surface area contributed by atoms with Gasteiger partial charge >= 0.3 is 0 Å². The summed E-state index contributed by atoms with van der Waals surface area (Å²) < 4.78 is 13.0. The highest BCUT2D eigenvalue weighted by Crippen LogP contribution is 2.26. The predicted octanol–water partition coefficient (Wildman–Crippen LogP) is 3.64. The van der Waals surface area contributed by atoms with E-state index in [9.17, 15) is 4.79 Å². The molecular weight excluding hydrogens is 412 g/mol. The van der Waals surface area contributed by atoms with Crippen molar-refractivity contribution >= 4 is 17.7 Å². The molecule has 0 fully saturated rings. The van der Waals surface area contributed by atoms with E-state index in [0.29, 0.717) is 23.3 Å². The molecule has 0 saturated heterocycles. The van der Waals surface area contributed by atoms with Crippen molar-refractivity contribution in [1.29, 1.82) is 0 Å². The van der Waals surface area contributed by atoms with E-state index >= 15 is 0 Å². The molecule has 3 aromatic rings. The van der Waals surface area contributed by atoms with E-state index in [4.69, 9.17) is 9.47 Å². The molecule has 1 aromatic heterocycles. The van der Waals surface area contributed by atoms with Crippen LogP contribution in [0.2, 0.25) is 0 Å². The van der Waals surface area contributed by atoms with Crippen molar-refractivity contribution in [3.05, 3.63) is 65.5 Å². The zero-order valence-corrected chi connectivity index (χ0v) is 18.8. The summed E-state index contributed by atoms with van der Waals surface area (Å²) in [5.41, 5.74) is 2.57. The van der Waals surface area contributed by atoms with Crippen molar-refractivity contribution in [2.45, 2.75) is 31.1 Å². The standard InChI is InChI=1S/C23H26N4O3S/c1-16(30-20-10-8-19(29-3)9-11-20)22-24-25-23(26(22)2)31-15-21(28)27-13-12-17-6-4-5-7-18(17)14-27/h4-11,16H,12-15H2,1-3H3. The summed E-state index contributed by atoms with van der Waals surface area (Å²) >= 11 is 1.41. The number of benzene rings is 2. The molecular formula is C23H26N4O3S. The van der Waals surface area contributed by atoms with E-state index < -0.39 is 0 Å². The minimum atomic E-state index is -0.283. The summed E-state index contributed by atoms with van der Waals surface area (Å²) in [5.74, 6) is 2.66. The predicted molar refractivity (Wildman–Crippen MR) is 119 cm³/mol. The van der Waals surface area contributed by atoms with E-state index in [1.165, 1.54) is 22.9 Å². The van der Waals surface area contributed by atoms with Gasteiger partial charge in [0.15, 0.2) is 17.1 Å². The molecule has 1 aliphatic heterocycles. The van der Waals surface area contributed by atoms with Crippen LogP contribution in [0.3, 0.4) is 0 Å². The van der Waals surface area contributed by atoms with Gasteiger partial charge in [-0.15, -0.1) is 10.2 Å². The lowest BCUT2D eigenvalue weighted by atomic mass is 10.00. The molecule has 0 radical (unpaired) electrons. The van der Waals surface area contributed by atoms with Crippen molar-refractivity contribution in [2.24, 2.45) is 7.05 Å². The van der Waals surface area contributed by atoms with Gasteiger partial charge in [-0.3, -0.25) is 4.79 Å². The summed E-state index contributed by atoms with van der Waals surface area (Å²) in [6.07, 6.45) is 0.621. The van der Waals surface area contributed by atoms with Crippen molar-refractivity contribution in [3.8, 4) is 11.5 Å². The molecule has 162 valence electrons. The van der Waals surface area contributed by atoms with Crippen LogP contribution in [0, 0.1) is 0 Å². The first-order valence-electron chi connectivity index (χ1n) is 10.2. The fraction of sp³-hybridized carbons (Fsp3) is 0.348. The van der Waals surface area contributed by atoms with E-state index in [0.717, 1.165) is 24.5 Å². The maximum Gasteiger partial charge on any atom is 0.233 e. The highest BCUT2D eigenvalue weighted by Gasteiger charge is 2.22. The molecule has 2 heterocycles. The van der Waals surface area contributed by atoms with E-state index in [1.807, 2.05) is 53.8 Å². The number of rotatable bonds is 7. The second kappa shape index (κ2) is 9.43. The van der Waals surface area contributed by atoms with Gasteiger partial charge in [-0.05, 0) is 48.7 Å². The SMILES string of the molecule is COc1ccc(OC(C)c2nnc(SCC(=O)N3CCc4ccccc4C3)n2C)cc1. The molecule has 1 atom stereocenters. The van der Waals surface area contributed by atoms with Crippen LogP contribution in [0.1, 0.15) is 30.0 Å². The fourth-order valence-corrected chi connectivity index (χ4v) is 4.46. The Kier molecular flexibility index (Phi) is 6.46. The van der Waals surface area contributed by atoms with Crippen LogP contribution in [0.4, 0.5) is 0 Å². The third kappa shape index (κ3) is 4.85. The highest BCUT2D eigenvalue weighted by molar-refractivity contribution is 7.99. The van der Waals surface area contributed by atoms with Crippen LogP contribution in [0.5, 0.6) is 11.5 Å². The lowest BCUT2D eigenvalue weighted by molar-refractivity contribution is -0.129. The van der Waals surface area contributed by atoms with Crippen LogP contribution in [0.15, 0.2) is 53.7 Å². The molecule has 0 aliphatic carbocycles. The largest absolute Gasteiger partial charge is 0.497 e. The maximum absolute atomic E-state index is 12.7. The van der Waals surface area contributed by atoms with Crippen LogP contribution >= 0.6 is 11.8 Å². The van der Waals surface area contributed by atoms with Crippen LogP contribution in [0.25, 0.3) is 0 Å². The summed E-state index contributed by atoms with van der Waals surface area (Å²) in [6.45, 7) is 3.36. The molecule has 2 aromatic carbocycles. The summed E-state index contributed by atoms with van der Waals surface area (Å²) in [5, 5.41) is 9.25. The first kappa shape index (κ1) is 21.2. The number of ether oxygens (including phenoxy) is 2. The second-order valence-corrected chi connectivity index (χ2v) is 8.40. The third-order valence-corrected chi connectivity index (χ3v) is 6.42. The molecule has 4 rings (SSSR count). The van der Waals surface area contributed by atoms with Crippen LogP contribution < -0.4 is 9.47 Å². The molecule has 0 spiro atoms.